The van der Waals surface area contributed by atoms with E-state index in [1.54, 1.807) is 24.1 Å². The maximum absolute atomic E-state index is 12.3. The van der Waals surface area contributed by atoms with Crippen LogP contribution in [-0.2, 0) is 0 Å². The van der Waals surface area contributed by atoms with E-state index in [4.69, 9.17) is 4.74 Å². The van der Waals surface area contributed by atoms with Crippen LogP contribution in [-0.4, -0.2) is 61.2 Å². The molecule has 0 aromatic heterocycles. The minimum atomic E-state index is -0.163. The Hall–Kier alpha value is -1.75. The number of amides is 1. The van der Waals surface area contributed by atoms with Gasteiger partial charge in [-0.2, -0.15) is 0 Å². The van der Waals surface area contributed by atoms with Gasteiger partial charge in [0, 0.05) is 26.2 Å². The van der Waals surface area contributed by atoms with Crippen molar-refractivity contribution in [2.24, 2.45) is 0 Å². The van der Waals surface area contributed by atoms with Gasteiger partial charge in [0.25, 0.3) is 5.91 Å². The van der Waals surface area contributed by atoms with E-state index >= 15 is 0 Å². The van der Waals surface area contributed by atoms with Crippen LogP contribution in [0.2, 0.25) is 0 Å². The molecule has 0 aliphatic carbocycles. The number of phenolic OH excluding ortho intramolecular Hbond substituents is 1. The first-order valence-electron chi connectivity index (χ1n) is 6.96. The molecule has 0 bridgehead atoms. The van der Waals surface area contributed by atoms with Crippen molar-refractivity contribution in [2.45, 2.75) is 12.8 Å². The Bertz CT molecular complexity index is 470. The molecule has 1 N–H and O–H groups in total. The zero-order chi connectivity index (χ0) is 14.5. The third-order valence-corrected chi connectivity index (χ3v) is 3.73. The number of aromatic hydroxyl groups is 1. The van der Waals surface area contributed by atoms with E-state index in [2.05, 4.69) is 4.90 Å². The second-order valence-corrected chi connectivity index (χ2v) is 5.16. The van der Waals surface area contributed by atoms with Gasteiger partial charge in [-0.05, 0) is 38.1 Å². The third kappa shape index (κ3) is 3.42. The summed E-state index contributed by atoms with van der Waals surface area (Å²) in [5.74, 6) is 0.338. The molecule has 1 fully saturated rings. The molecule has 1 aromatic carbocycles. The van der Waals surface area contributed by atoms with Crippen LogP contribution >= 0.6 is 0 Å². The summed E-state index contributed by atoms with van der Waals surface area (Å²) in [5, 5.41) is 9.88. The van der Waals surface area contributed by atoms with Crippen LogP contribution in [0.3, 0.4) is 0 Å². The van der Waals surface area contributed by atoms with Gasteiger partial charge in [-0.1, -0.05) is 0 Å². The van der Waals surface area contributed by atoms with E-state index in [0.29, 0.717) is 17.9 Å². The number of carbonyl (C=O) groups is 1. The fourth-order valence-electron chi connectivity index (χ4n) is 2.42. The Morgan fingerprint density at radius 1 is 1.40 bits per heavy atom. The topological polar surface area (TPSA) is 53.0 Å². The van der Waals surface area contributed by atoms with Crippen LogP contribution in [0.1, 0.15) is 23.2 Å². The highest BCUT2D eigenvalue weighted by molar-refractivity contribution is 5.96. The third-order valence-electron chi connectivity index (χ3n) is 3.73. The first-order valence-corrected chi connectivity index (χ1v) is 6.96. The molecule has 1 aliphatic heterocycles. The lowest BCUT2D eigenvalue weighted by Crippen LogP contribution is -2.35. The predicted molar refractivity (Wildman–Crippen MR) is 77.3 cm³/mol. The quantitative estimate of drug-likeness (QED) is 0.888. The van der Waals surface area contributed by atoms with E-state index in [1.165, 1.54) is 26.0 Å². The highest BCUT2D eigenvalue weighted by Crippen LogP contribution is 2.24. The molecule has 0 unspecified atom stereocenters. The van der Waals surface area contributed by atoms with E-state index < -0.39 is 0 Å². The monoisotopic (exact) mass is 278 g/mol. The van der Waals surface area contributed by atoms with Crippen LogP contribution in [0.15, 0.2) is 18.2 Å². The summed E-state index contributed by atoms with van der Waals surface area (Å²) in [7, 11) is 3.29. The molecule has 0 saturated carbocycles. The molecule has 5 heteroatoms. The zero-order valence-corrected chi connectivity index (χ0v) is 12.1. The molecule has 0 spiro atoms. The lowest BCUT2D eigenvalue weighted by atomic mass is 10.1. The minimum Gasteiger partial charge on any atom is -0.507 e. The summed E-state index contributed by atoms with van der Waals surface area (Å²) in [6, 6.07) is 4.74. The molecular formula is C15H22N2O3. The van der Waals surface area contributed by atoms with Gasteiger partial charge < -0.3 is 19.6 Å². The molecule has 1 amide bonds. The summed E-state index contributed by atoms with van der Waals surface area (Å²) < 4.78 is 5.01. The van der Waals surface area contributed by atoms with Crippen molar-refractivity contribution < 1.29 is 14.6 Å². The number of phenols is 1. The predicted octanol–water partition coefficient (Wildman–Crippen LogP) is 1.57. The summed E-state index contributed by atoms with van der Waals surface area (Å²) in [5.41, 5.74) is 0.315. The number of likely N-dealkylation sites (N-methyl/N-ethyl adjacent to an activating group) is 1. The molecule has 110 valence electrons. The van der Waals surface area contributed by atoms with Crippen molar-refractivity contribution >= 4 is 5.91 Å². The van der Waals surface area contributed by atoms with Gasteiger partial charge in [-0.25, -0.2) is 0 Å². The van der Waals surface area contributed by atoms with Gasteiger partial charge in [0.1, 0.15) is 11.5 Å². The van der Waals surface area contributed by atoms with Crippen molar-refractivity contribution in [3.8, 4) is 11.5 Å². The van der Waals surface area contributed by atoms with Crippen molar-refractivity contribution in [3.63, 3.8) is 0 Å². The Kier molecular flexibility index (Phi) is 4.84. The normalized spacial score (nSPS) is 15.3. The van der Waals surface area contributed by atoms with Crippen molar-refractivity contribution in [2.75, 3.05) is 40.3 Å². The first-order chi connectivity index (χ1) is 9.61. The Morgan fingerprint density at radius 2 is 2.10 bits per heavy atom. The maximum atomic E-state index is 12.3. The van der Waals surface area contributed by atoms with Gasteiger partial charge in [0.05, 0.1) is 12.7 Å². The highest BCUT2D eigenvalue weighted by Gasteiger charge is 2.18. The Balaban J connectivity index is 1.95. The molecule has 1 saturated heterocycles. The molecular weight excluding hydrogens is 256 g/mol. The summed E-state index contributed by atoms with van der Waals surface area (Å²) in [6.07, 6.45) is 2.49. The lowest BCUT2D eigenvalue weighted by Gasteiger charge is -2.22. The van der Waals surface area contributed by atoms with E-state index in [1.807, 2.05) is 0 Å². The summed E-state index contributed by atoms with van der Waals surface area (Å²) >= 11 is 0. The molecule has 0 radical (unpaired) electrons. The van der Waals surface area contributed by atoms with Crippen LogP contribution in [0.25, 0.3) is 0 Å². The average molecular weight is 278 g/mol. The van der Waals surface area contributed by atoms with Gasteiger partial charge >= 0.3 is 0 Å². The number of carbonyl (C=O) groups excluding carboxylic acids is 1. The van der Waals surface area contributed by atoms with Crippen molar-refractivity contribution in [3.05, 3.63) is 23.8 Å². The fraction of sp³-hybridized carbons (Fsp3) is 0.533. The minimum absolute atomic E-state index is 0.0395. The molecule has 1 aliphatic rings. The first kappa shape index (κ1) is 14.7. The Labute approximate surface area is 119 Å². The van der Waals surface area contributed by atoms with Crippen molar-refractivity contribution in [1.29, 1.82) is 0 Å². The maximum Gasteiger partial charge on any atom is 0.257 e. The molecule has 1 aromatic rings. The molecule has 5 nitrogen and oxygen atoms in total. The number of hydrogen-bond acceptors (Lipinski definition) is 4. The molecule has 2 rings (SSSR count). The largest absolute Gasteiger partial charge is 0.507 e. The lowest BCUT2D eigenvalue weighted by molar-refractivity contribution is 0.0779. The zero-order valence-electron chi connectivity index (χ0n) is 12.1. The van der Waals surface area contributed by atoms with E-state index in [9.17, 15) is 9.90 Å². The fourth-order valence-corrected chi connectivity index (χ4v) is 2.42. The Morgan fingerprint density at radius 3 is 2.70 bits per heavy atom. The second kappa shape index (κ2) is 6.61. The average Bonchev–Trinajstić information content (AvgIpc) is 2.97. The summed E-state index contributed by atoms with van der Waals surface area (Å²) in [6.45, 7) is 3.80. The van der Waals surface area contributed by atoms with Gasteiger partial charge in [-0.3, -0.25) is 4.79 Å². The highest BCUT2D eigenvalue weighted by atomic mass is 16.5. The van der Waals surface area contributed by atoms with Gasteiger partial charge in [0.15, 0.2) is 0 Å². The van der Waals surface area contributed by atoms with Gasteiger partial charge in [-0.15, -0.1) is 0 Å². The van der Waals surface area contributed by atoms with E-state index in [0.717, 1.165) is 19.6 Å². The number of likely N-dealkylation sites (tertiary alicyclic amines) is 1. The summed E-state index contributed by atoms with van der Waals surface area (Å²) in [4.78, 5) is 16.3. The number of hydrogen-bond donors (Lipinski definition) is 1. The molecule has 0 atom stereocenters. The van der Waals surface area contributed by atoms with Crippen molar-refractivity contribution in [1.82, 2.24) is 9.80 Å². The van der Waals surface area contributed by atoms with Gasteiger partial charge in [0.2, 0.25) is 0 Å². The van der Waals surface area contributed by atoms with Crippen LogP contribution in [0.4, 0.5) is 0 Å². The standard InChI is InChI=1S/C15H22N2O3/c1-16(9-10-17-7-3-4-8-17)15(19)13-6-5-12(20-2)11-14(13)18/h5-6,11,18H,3-4,7-10H2,1-2H3. The van der Waals surface area contributed by atoms with E-state index in [-0.39, 0.29) is 11.7 Å². The smallest absolute Gasteiger partial charge is 0.257 e. The molecule has 1 heterocycles. The van der Waals surface area contributed by atoms with Crippen LogP contribution < -0.4 is 4.74 Å². The number of methoxy groups -OCH3 is 1. The SMILES string of the molecule is COc1ccc(C(=O)N(C)CCN2CCCC2)c(O)c1. The second-order valence-electron chi connectivity index (χ2n) is 5.16. The van der Waals surface area contributed by atoms with Crippen LogP contribution in [0, 0.1) is 0 Å². The van der Waals surface area contributed by atoms with Crippen LogP contribution in [0.5, 0.6) is 11.5 Å². The number of nitrogens with zero attached hydrogens (tertiary/aromatic N) is 2. The number of ether oxygens (including phenoxy) is 1. The number of rotatable bonds is 5. The molecule has 20 heavy (non-hydrogen) atoms. The number of benzene rings is 1.